The molecule has 0 aromatic rings. The molecule has 0 amide bonds. The van der Waals surface area contributed by atoms with Crippen LogP contribution in [0.4, 0.5) is 4.79 Å². The number of Topliss-reactive ketones (excluding diaryl/α,β-unsaturated/α-hetero) is 1. The Bertz CT molecular complexity index is 976. The first-order valence-corrected chi connectivity index (χ1v) is 14.6. The van der Waals surface area contributed by atoms with Crippen LogP contribution in [-0.4, -0.2) is 90.2 Å². The van der Waals surface area contributed by atoms with Gasteiger partial charge in [0.1, 0.15) is 24.2 Å². The van der Waals surface area contributed by atoms with Gasteiger partial charge >= 0.3 is 12.1 Å². The molecule has 2 bridgehead atoms. The number of rotatable bonds is 5. The Hall–Kier alpha value is -1.79. The molecule has 4 saturated heterocycles. The summed E-state index contributed by atoms with van der Waals surface area (Å²) in [7, 11) is 1.77. The SMILES string of the molecule is CC[C@H]1OC(=O)O[C@@]1(C)[C@@H]1OC(=O)[C@H](C)C(=O)[C@H](C)[C@@H](O[C@@H]2OC(C)CC(NC)C2O)C2(C)CC(C)C(O2)[C@@H]1C. The second kappa shape index (κ2) is 11.5. The predicted octanol–water partition coefficient (Wildman–Crippen LogP) is 2.75. The van der Waals surface area contributed by atoms with Crippen molar-refractivity contribution in [3.63, 3.8) is 0 Å². The molecule has 0 aromatic heterocycles. The number of aliphatic hydroxyl groups is 1. The van der Waals surface area contributed by atoms with E-state index in [4.69, 9.17) is 28.4 Å². The van der Waals surface area contributed by atoms with E-state index in [9.17, 15) is 19.5 Å². The number of hydrogen-bond donors (Lipinski definition) is 2. The van der Waals surface area contributed by atoms with Crippen LogP contribution in [0.3, 0.4) is 0 Å². The molecule has 2 N–H and O–H groups in total. The van der Waals surface area contributed by atoms with Gasteiger partial charge in [-0.3, -0.25) is 9.59 Å². The van der Waals surface area contributed by atoms with Crippen molar-refractivity contribution < 1.29 is 47.9 Å². The lowest BCUT2D eigenvalue weighted by Gasteiger charge is -2.44. The molecule has 11 heteroatoms. The highest BCUT2D eigenvalue weighted by Crippen LogP contribution is 2.48. The average Bonchev–Trinajstić information content (AvgIpc) is 3.38. The van der Waals surface area contributed by atoms with Gasteiger partial charge in [-0.1, -0.05) is 27.7 Å². The van der Waals surface area contributed by atoms with Crippen molar-refractivity contribution in [1.82, 2.24) is 5.32 Å². The molecule has 0 aliphatic carbocycles. The van der Waals surface area contributed by atoms with Gasteiger partial charge in [0.15, 0.2) is 17.7 Å². The van der Waals surface area contributed by atoms with Crippen molar-refractivity contribution in [2.24, 2.45) is 23.7 Å². The molecule has 6 unspecified atom stereocenters. The van der Waals surface area contributed by atoms with Gasteiger partial charge in [-0.15, -0.1) is 0 Å². The van der Waals surface area contributed by atoms with Gasteiger partial charge in [-0.2, -0.15) is 0 Å². The predicted molar refractivity (Wildman–Crippen MR) is 142 cm³/mol. The van der Waals surface area contributed by atoms with E-state index in [1.807, 2.05) is 34.6 Å². The van der Waals surface area contributed by atoms with Gasteiger partial charge in [-0.25, -0.2) is 4.79 Å². The lowest BCUT2D eigenvalue weighted by Crippen LogP contribution is -2.58. The normalized spacial score (nSPS) is 50.1. The highest BCUT2D eigenvalue weighted by Gasteiger charge is 2.61. The zero-order chi connectivity index (χ0) is 29.7. The maximum Gasteiger partial charge on any atom is 0.509 e. The van der Waals surface area contributed by atoms with Gasteiger partial charge in [0.2, 0.25) is 0 Å². The molecule has 4 rings (SSSR count). The van der Waals surface area contributed by atoms with Crippen molar-refractivity contribution >= 4 is 17.9 Å². The molecule has 228 valence electrons. The number of likely N-dealkylation sites (N-methyl/N-ethyl adjacent to an activating group) is 1. The summed E-state index contributed by atoms with van der Waals surface area (Å²) >= 11 is 0. The largest absolute Gasteiger partial charge is 0.509 e. The van der Waals surface area contributed by atoms with E-state index in [0.29, 0.717) is 19.3 Å². The van der Waals surface area contributed by atoms with Crippen LogP contribution in [-0.2, 0) is 38.0 Å². The first-order chi connectivity index (χ1) is 18.7. The summed E-state index contributed by atoms with van der Waals surface area (Å²) in [6.07, 6.45) is -4.13. The molecule has 14 atom stereocenters. The van der Waals surface area contributed by atoms with Crippen LogP contribution >= 0.6 is 0 Å². The summed E-state index contributed by atoms with van der Waals surface area (Å²) in [4.78, 5) is 39.5. The highest BCUT2D eigenvalue weighted by molar-refractivity contribution is 6.00. The second-order valence-corrected chi connectivity index (χ2v) is 12.7. The third-order valence-corrected chi connectivity index (χ3v) is 9.63. The van der Waals surface area contributed by atoms with Gasteiger partial charge in [0.05, 0.1) is 23.9 Å². The Labute approximate surface area is 236 Å². The molecular weight excluding hydrogens is 522 g/mol. The molecule has 0 aromatic carbocycles. The molecular formula is C29H47NO10. The molecule has 0 radical (unpaired) electrons. The molecule has 0 spiro atoms. The number of carbonyl (C=O) groups is 3. The second-order valence-electron chi connectivity index (χ2n) is 12.7. The molecule has 11 nitrogen and oxygen atoms in total. The maximum atomic E-state index is 13.8. The van der Waals surface area contributed by atoms with Crippen LogP contribution in [0.5, 0.6) is 0 Å². The summed E-state index contributed by atoms with van der Waals surface area (Å²) in [6.45, 7) is 14.6. The van der Waals surface area contributed by atoms with Crippen LogP contribution in [0.1, 0.15) is 74.7 Å². The van der Waals surface area contributed by atoms with Crippen LogP contribution in [0.25, 0.3) is 0 Å². The van der Waals surface area contributed by atoms with Gasteiger partial charge in [0.25, 0.3) is 0 Å². The number of aliphatic hydroxyl groups excluding tert-OH is 1. The van der Waals surface area contributed by atoms with Crippen LogP contribution < -0.4 is 5.32 Å². The van der Waals surface area contributed by atoms with E-state index < -0.39 is 77.9 Å². The number of ketones is 1. The maximum absolute atomic E-state index is 13.8. The average molecular weight is 570 g/mol. The number of carbonyl (C=O) groups excluding carboxylic acids is 3. The van der Waals surface area contributed by atoms with Gasteiger partial charge < -0.3 is 38.8 Å². The van der Waals surface area contributed by atoms with Crippen molar-refractivity contribution in [2.75, 3.05) is 7.05 Å². The number of cyclic esters (lactones) is 3. The standard InChI is InChI=1S/C29H47NO10/c1-10-19-29(8,40-27(34)36-19)24-17(6)22-13(2)12-28(7,39-22)23(15(4)20(31)16(5)25(33)37-24)38-26-21(32)18(30-9)11-14(3)35-26/h13-19,21-24,26,30,32H,10-12H2,1-9H3/t13?,14?,15-,16+,17-,18?,19+,21?,22?,23+,24+,26-,28?,29+/m0/s1. The van der Waals surface area contributed by atoms with Crippen molar-refractivity contribution in [2.45, 2.75) is 135 Å². The third-order valence-electron chi connectivity index (χ3n) is 9.63. The molecule has 40 heavy (non-hydrogen) atoms. The zero-order valence-corrected chi connectivity index (χ0v) is 25.2. The Morgan fingerprint density at radius 1 is 1.07 bits per heavy atom. The van der Waals surface area contributed by atoms with E-state index in [1.165, 1.54) is 6.92 Å². The number of ether oxygens (including phenoxy) is 6. The summed E-state index contributed by atoms with van der Waals surface area (Å²) in [5, 5.41) is 14.2. The molecule has 4 heterocycles. The lowest BCUT2D eigenvalue weighted by atomic mass is 9.76. The number of esters is 1. The van der Waals surface area contributed by atoms with Crippen LogP contribution in [0.15, 0.2) is 0 Å². The summed E-state index contributed by atoms with van der Waals surface area (Å²) in [5.74, 6) is -3.41. The summed E-state index contributed by atoms with van der Waals surface area (Å²) in [6, 6.07) is -0.246. The van der Waals surface area contributed by atoms with E-state index >= 15 is 0 Å². The summed E-state index contributed by atoms with van der Waals surface area (Å²) in [5.41, 5.74) is -2.21. The minimum atomic E-state index is -1.26. The fraction of sp³-hybridized carbons (Fsp3) is 0.897. The topological polar surface area (TPSA) is 139 Å². The van der Waals surface area contributed by atoms with E-state index in [0.717, 1.165) is 0 Å². The highest BCUT2D eigenvalue weighted by atomic mass is 16.8. The van der Waals surface area contributed by atoms with Gasteiger partial charge in [0, 0.05) is 17.9 Å². The first kappa shape index (κ1) is 31.2. The fourth-order valence-corrected chi connectivity index (χ4v) is 7.47. The Balaban J connectivity index is 1.73. The minimum Gasteiger partial charge on any atom is -0.457 e. The quantitative estimate of drug-likeness (QED) is 0.373. The molecule has 4 aliphatic rings. The van der Waals surface area contributed by atoms with Gasteiger partial charge in [-0.05, 0) is 59.9 Å². The summed E-state index contributed by atoms with van der Waals surface area (Å²) < 4.78 is 36.5. The first-order valence-electron chi connectivity index (χ1n) is 14.6. The smallest absolute Gasteiger partial charge is 0.457 e. The van der Waals surface area contributed by atoms with Crippen LogP contribution in [0, 0.1) is 23.7 Å². The van der Waals surface area contributed by atoms with Crippen molar-refractivity contribution in [3.05, 3.63) is 0 Å². The third kappa shape index (κ3) is 5.40. The van der Waals surface area contributed by atoms with E-state index in [-0.39, 0.29) is 23.8 Å². The number of hydrogen-bond acceptors (Lipinski definition) is 11. The lowest BCUT2D eigenvalue weighted by molar-refractivity contribution is -0.290. The minimum absolute atomic E-state index is 0.0191. The number of nitrogens with one attached hydrogen (secondary N) is 1. The van der Waals surface area contributed by atoms with Crippen molar-refractivity contribution in [1.29, 1.82) is 0 Å². The van der Waals surface area contributed by atoms with E-state index in [2.05, 4.69) is 5.32 Å². The van der Waals surface area contributed by atoms with Crippen LogP contribution in [0.2, 0.25) is 0 Å². The Morgan fingerprint density at radius 2 is 1.75 bits per heavy atom. The van der Waals surface area contributed by atoms with Crippen molar-refractivity contribution in [3.8, 4) is 0 Å². The molecule has 4 fully saturated rings. The fourth-order valence-electron chi connectivity index (χ4n) is 7.47. The molecule has 4 aliphatic heterocycles. The molecule has 0 saturated carbocycles. The Morgan fingerprint density at radius 3 is 2.38 bits per heavy atom. The Kier molecular flexibility index (Phi) is 8.94. The number of fused-ring (bicyclic) bond motifs is 2. The monoisotopic (exact) mass is 569 g/mol. The van der Waals surface area contributed by atoms with E-state index in [1.54, 1.807) is 20.9 Å². The zero-order valence-electron chi connectivity index (χ0n) is 25.2.